The lowest BCUT2D eigenvalue weighted by molar-refractivity contribution is -0.117. The first-order valence-corrected chi connectivity index (χ1v) is 6.70. The molecule has 1 aliphatic rings. The van der Waals surface area contributed by atoms with Crippen LogP contribution in [0.2, 0.25) is 0 Å². The molecule has 0 bridgehead atoms. The first kappa shape index (κ1) is 13.6. The molecule has 1 saturated carbocycles. The number of nitrogens with one attached hydrogen (secondary N) is 1. The van der Waals surface area contributed by atoms with Gasteiger partial charge in [-0.3, -0.25) is 4.79 Å². The molecule has 2 rings (SSSR count). The van der Waals surface area contributed by atoms with Crippen LogP contribution in [0.4, 0.5) is 5.69 Å². The molecule has 1 aromatic rings. The van der Waals surface area contributed by atoms with Crippen LogP contribution in [0.25, 0.3) is 0 Å². The smallest absolute Gasteiger partial charge is 0.226 e. The Morgan fingerprint density at radius 1 is 1.26 bits per heavy atom. The minimum atomic E-state index is -0.338. The van der Waals surface area contributed by atoms with Gasteiger partial charge in [-0.1, -0.05) is 19.3 Å². The van der Waals surface area contributed by atoms with Crippen LogP contribution < -0.4 is 11.1 Å². The predicted molar refractivity (Wildman–Crippen MR) is 74.4 cm³/mol. The van der Waals surface area contributed by atoms with Crippen molar-refractivity contribution in [1.82, 2.24) is 0 Å². The van der Waals surface area contributed by atoms with Gasteiger partial charge in [0.25, 0.3) is 0 Å². The molecular formula is C15H19N3O. The van der Waals surface area contributed by atoms with E-state index < -0.39 is 0 Å². The average Bonchev–Trinajstić information content (AvgIpc) is 2.39. The third-order valence-electron chi connectivity index (χ3n) is 3.66. The molecule has 1 aromatic carbocycles. The number of rotatable bonds is 3. The first-order valence-electron chi connectivity index (χ1n) is 6.70. The topological polar surface area (TPSA) is 78.9 Å². The van der Waals surface area contributed by atoms with Crippen molar-refractivity contribution in [3.8, 4) is 6.07 Å². The van der Waals surface area contributed by atoms with Crippen LogP contribution in [0.3, 0.4) is 0 Å². The fraction of sp³-hybridized carbons (Fsp3) is 0.467. The predicted octanol–water partition coefficient (Wildman–Crippen LogP) is 2.55. The molecule has 1 amide bonds. The summed E-state index contributed by atoms with van der Waals surface area (Å²) >= 11 is 0. The van der Waals surface area contributed by atoms with Crippen LogP contribution in [0.1, 0.15) is 44.1 Å². The van der Waals surface area contributed by atoms with E-state index in [4.69, 9.17) is 11.0 Å². The molecule has 0 spiro atoms. The summed E-state index contributed by atoms with van der Waals surface area (Å²) in [7, 11) is 0. The zero-order valence-electron chi connectivity index (χ0n) is 11.0. The number of nitrogens with zero attached hydrogens (tertiary/aromatic N) is 1. The molecule has 0 atom stereocenters. The van der Waals surface area contributed by atoms with E-state index in [-0.39, 0.29) is 11.4 Å². The minimum absolute atomic E-state index is 0.0471. The maximum Gasteiger partial charge on any atom is 0.226 e. The Bertz CT molecular complexity index is 481. The Morgan fingerprint density at radius 3 is 2.47 bits per heavy atom. The van der Waals surface area contributed by atoms with Gasteiger partial charge in [-0.15, -0.1) is 0 Å². The van der Waals surface area contributed by atoms with Gasteiger partial charge < -0.3 is 11.1 Å². The van der Waals surface area contributed by atoms with Crippen molar-refractivity contribution in [3.05, 3.63) is 29.8 Å². The number of nitriles is 1. The monoisotopic (exact) mass is 257 g/mol. The van der Waals surface area contributed by atoms with Crippen molar-refractivity contribution in [3.63, 3.8) is 0 Å². The van der Waals surface area contributed by atoms with Crippen LogP contribution in [-0.2, 0) is 4.79 Å². The standard InChI is InChI=1S/C15H19N3O/c16-11-12-4-6-13(7-5-12)18-14(19)10-15(17)8-2-1-3-9-15/h4-7H,1-3,8-10,17H2,(H,18,19). The number of carbonyl (C=O) groups is 1. The number of hydrogen-bond acceptors (Lipinski definition) is 3. The van der Waals surface area contributed by atoms with Gasteiger partial charge in [-0.05, 0) is 37.1 Å². The highest BCUT2D eigenvalue weighted by molar-refractivity contribution is 5.91. The largest absolute Gasteiger partial charge is 0.326 e. The van der Waals surface area contributed by atoms with Gasteiger partial charge in [0.1, 0.15) is 0 Å². The molecule has 0 saturated heterocycles. The highest BCUT2D eigenvalue weighted by atomic mass is 16.1. The fourth-order valence-electron chi connectivity index (χ4n) is 2.59. The van der Waals surface area contributed by atoms with Crippen LogP contribution in [-0.4, -0.2) is 11.4 Å². The Balaban J connectivity index is 1.91. The molecule has 0 heterocycles. The quantitative estimate of drug-likeness (QED) is 0.873. The number of carbonyl (C=O) groups excluding carboxylic acids is 1. The van der Waals surface area contributed by atoms with E-state index in [2.05, 4.69) is 5.32 Å². The summed E-state index contributed by atoms with van der Waals surface area (Å²) in [5.74, 6) is -0.0471. The number of hydrogen-bond donors (Lipinski definition) is 2. The molecule has 4 nitrogen and oxygen atoms in total. The molecular weight excluding hydrogens is 238 g/mol. The van der Waals surface area contributed by atoms with Gasteiger partial charge in [0.2, 0.25) is 5.91 Å². The maximum absolute atomic E-state index is 12.0. The van der Waals surface area contributed by atoms with Gasteiger partial charge >= 0.3 is 0 Å². The third kappa shape index (κ3) is 3.80. The van der Waals surface area contributed by atoms with Crippen LogP contribution in [0.5, 0.6) is 0 Å². The Kier molecular flexibility index (Phi) is 4.18. The molecule has 0 unspecified atom stereocenters. The summed E-state index contributed by atoms with van der Waals surface area (Å²) in [5.41, 5.74) is 7.21. The SMILES string of the molecule is N#Cc1ccc(NC(=O)CC2(N)CCCCC2)cc1. The van der Waals surface area contributed by atoms with E-state index in [1.54, 1.807) is 24.3 Å². The van der Waals surface area contributed by atoms with Crippen molar-refractivity contribution >= 4 is 11.6 Å². The van der Waals surface area contributed by atoms with E-state index in [0.29, 0.717) is 17.7 Å². The molecule has 0 aliphatic heterocycles. The van der Waals surface area contributed by atoms with Crippen LogP contribution in [0.15, 0.2) is 24.3 Å². The summed E-state index contributed by atoms with van der Waals surface area (Å²) in [6.07, 6.45) is 5.66. The number of amides is 1. The summed E-state index contributed by atoms with van der Waals surface area (Å²) < 4.78 is 0. The van der Waals surface area contributed by atoms with Gasteiger partial charge in [-0.25, -0.2) is 0 Å². The van der Waals surface area contributed by atoms with E-state index in [0.717, 1.165) is 25.7 Å². The molecule has 0 aromatic heterocycles. The lowest BCUT2D eigenvalue weighted by Gasteiger charge is -2.32. The minimum Gasteiger partial charge on any atom is -0.326 e. The zero-order chi connectivity index (χ0) is 13.7. The fourth-order valence-corrected chi connectivity index (χ4v) is 2.59. The molecule has 0 radical (unpaired) electrons. The van der Waals surface area contributed by atoms with E-state index >= 15 is 0 Å². The second-order valence-electron chi connectivity index (χ2n) is 5.34. The van der Waals surface area contributed by atoms with Crippen molar-refractivity contribution in [2.75, 3.05) is 5.32 Å². The van der Waals surface area contributed by atoms with E-state index in [9.17, 15) is 4.79 Å². The molecule has 100 valence electrons. The summed E-state index contributed by atoms with van der Waals surface area (Å²) in [5, 5.41) is 11.5. The van der Waals surface area contributed by atoms with Crippen molar-refractivity contribution in [2.45, 2.75) is 44.1 Å². The van der Waals surface area contributed by atoms with Crippen molar-refractivity contribution in [2.24, 2.45) is 5.73 Å². The van der Waals surface area contributed by atoms with Crippen molar-refractivity contribution < 1.29 is 4.79 Å². The third-order valence-corrected chi connectivity index (χ3v) is 3.66. The first-order chi connectivity index (χ1) is 9.11. The number of benzene rings is 1. The number of anilines is 1. The Morgan fingerprint density at radius 2 is 1.89 bits per heavy atom. The second kappa shape index (κ2) is 5.85. The lowest BCUT2D eigenvalue weighted by Crippen LogP contribution is -2.44. The normalized spacial score (nSPS) is 17.5. The number of nitrogens with two attached hydrogens (primary N) is 1. The van der Waals surface area contributed by atoms with E-state index in [1.807, 2.05) is 6.07 Å². The molecule has 4 heteroatoms. The summed E-state index contributed by atoms with van der Waals surface area (Å²) in [4.78, 5) is 12.0. The van der Waals surface area contributed by atoms with Crippen LogP contribution >= 0.6 is 0 Å². The van der Waals surface area contributed by atoms with E-state index in [1.165, 1.54) is 6.42 Å². The van der Waals surface area contributed by atoms with Crippen LogP contribution in [0, 0.1) is 11.3 Å². The molecule has 3 N–H and O–H groups in total. The average molecular weight is 257 g/mol. The summed E-state index contributed by atoms with van der Waals surface area (Å²) in [6.45, 7) is 0. The lowest BCUT2D eigenvalue weighted by atomic mass is 9.80. The molecule has 19 heavy (non-hydrogen) atoms. The van der Waals surface area contributed by atoms with Gasteiger partial charge in [0.15, 0.2) is 0 Å². The Labute approximate surface area is 113 Å². The highest BCUT2D eigenvalue weighted by Gasteiger charge is 2.29. The molecule has 1 fully saturated rings. The second-order valence-corrected chi connectivity index (χ2v) is 5.34. The van der Waals surface area contributed by atoms with Gasteiger partial charge in [0.05, 0.1) is 11.6 Å². The molecule has 1 aliphatic carbocycles. The van der Waals surface area contributed by atoms with Gasteiger partial charge in [-0.2, -0.15) is 5.26 Å². The maximum atomic E-state index is 12.0. The zero-order valence-corrected chi connectivity index (χ0v) is 11.0. The van der Waals surface area contributed by atoms with Gasteiger partial charge in [0, 0.05) is 17.6 Å². The highest BCUT2D eigenvalue weighted by Crippen LogP contribution is 2.28. The Hall–Kier alpha value is -1.86. The summed E-state index contributed by atoms with van der Waals surface area (Å²) in [6, 6.07) is 8.90. The van der Waals surface area contributed by atoms with Crippen molar-refractivity contribution in [1.29, 1.82) is 5.26 Å².